The van der Waals surface area contributed by atoms with Crippen molar-refractivity contribution in [3.05, 3.63) is 88.7 Å². The molecule has 3 aromatic carbocycles. The maximum Gasteiger partial charge on any atom is 0.264 e. The third-order valence-electron chi connectivity index (χ3n) is 6.28. The van der Waals surface area contributed by atoms with Gasteiger partial charge in [-0.15, -0.1) is 0 Å². The quantitative estimate of drug-likeness (QED) is 0.338. The van der Waals surface area contributed by atoms with E-state index >= 15 is 0 Å². The summed E-state index contributed by atoms with van der Waals surface area (Å²) in [6.07, 6.45) is 0. The monoisotopic (exact) mass is 603 g/mol. The number of rotatable bonds is 10. The molecule has 3 rings (SSSR count). The molecule has 0 unspecified atom stereocenters. The first-order valence-electron chi connectivity index (χ1n) is 12.9. The Morgan fingerprint density at radius 1 is 1.05 bits per heavy atom. The number of halogens is 2. The molecule has 0 aliphatic heterocycles. The van der Waals surface area contributed by atoms with Crippen LogP contribution in [-0.4, -0.2) is 50.4 Å². The number of hydrogen-bond acceptors (Lipinski definition) is 5. The minimum atomic E-state index is -4.28. The molecule has 0 saturated carbocycles. The summed E-state index contributed by atoms with van der Waals surface area (Å²) in [5.74, 6) is -1.42. The van der Waals surface area contributed by atoms with Crippen molar-refractivity contribution in [1.29, 1.82) is 0 Å². The molecular weight excluding hydrogens is 569 g/mol. The fourth-order valence-electron chi connectivity index (χ4n) is 4.04. The maximum atomic E-state index is 14.7. The van der Waals surface area contributed by atoms with Gasteiger partial charge >= 0.3 is 0 Å². The number of carbonyl (C=O) groups excluding carboxylic acids is 2. The van der Waals surface area contributed by atoms with Crippen LogP contribution >= 0.6 is 11.6 Å². The lowest BCUT2D eigenvalue weighted by atomic mass is 10.1. The van der Waals surface area contributed by atoms with Crippen molar-refractivity contribution in [2.24, 2.45) is 0 Å². The van der Waals surface area contributed by atoms with Crippen molar-refractivity contribution in [3.8, 4) is 5.75 Å². The Kier molecular flexibility index (Phi) is 10.0. The number of nitrogens with one attached hydrogen (secondary N) is 1. The predicted octanol–water partition coefficient (Wildman–Crippen LogP) is 5.32. The molecule has 220 valence electrons. The maximum absolute atomic E-state index is 14.7. The zero-order valence-corrected chi connectivity index (χ0v) is 25.5. The smallest absolute Gasteiger partial charge is 0.264 e. The summed E-state index contributed by atoms with van der Waals surface area (Å²) >= 11 is 6.33. The fraction of sp³-hybridized carbons (Fsp3) is 0.333. The Balaban J connectivity index is 2.09. The lowest BCUT2D eigenvalue weighted by Gasteiger charge is -2.33. The largest absolute Gasteiger partial charge is 0.495 e. The zero-order chi connectivity index (χ0) is 30.5. The van der Waals surface area contributed by atoms with Crippen LogP contribution in [-0.2, 0) is 26.2 Å². The Labute approximate surface area is 246 Å². The number of hydrogen-bond donors (Lipinski definition) is 1. The second-order valence-corrected chi connectivity index (χ2v) is 12.9. The van der Waals surface area contributed by atoms with Crippen molar-refractivity contribution in [3.63, 3.8) is 0 Å². The molecule has 0 aromatic heterocycles. The SMILES string of the molecule is COc1ccc(N(CC(=O)N(Cc2ccccc2F)[C@@H](C)C(=O)NC(C)(C)C)S(=O)(=O)c2ccc(C)cc2)cc1Cl. The number of anilines is 1. The van der Waals surface area contributed by atoms with Gasteiger partial charge < -0.3 is 15.0 Å². The van der Waals surface area contributed by atoms with Crippen LogP contribution in [0.1, 0.15) is 38.8 Å². The molecule has 1 atom stereocenters. The van der Waals surface area contributed by atoms with Crippen molar-refractivity contribution in [2.45, 2.75) is 57.6 Å². The number of amides is 2. The highest BCUT2D eigenvalue weighted by atomic mass is 35.5. The van der Waals surface area contributed by atoms with Crippen LogP contribution in [0.5, 0.6) is 5.75 Å². The number of benzene rings is 3. The van der Waals surface area contributed by atoms with Gasteiger partial charge in [-0.25, -0.2) is 12.8 Å². The standard InChI is InChI=1S/C30H35ClFN3O5S/c1-20-11-14-24(15-12-20)41(38,39)35(23-13-16-27(40-6)25(31)17-23)19-28(36)34(18-22-9-7-8-10-26(22)32)21(2)29(37)33-30(3,4)5/h7-17,21H,18-19H2,1-6H3,(H,33,37)/t21-/m0/s1. The minimum Gasteiger partial charge on any atom is -0.495 e. The molecule has 0 aliphatic rings. The van der Waals surface area contributed by atoms with Crippen LogP contribution in [0.4, 0.5) is 10.1 Å². The summed E-state index contributed by atoms with van der Waals surface area (Å²) < 4.78 is 48.6. The van der Waals surface area contributed by atoms with E-state index in [-0.39, 0.29) is 27.7 Å². The molecule has 2 amide bonds. The fourth-order valence-corrected chi connectivity index (χ4v) is 5.70. The normalized spacial score (nSPS) is 12.4. The predicted molar refractivity (Wildman–Crippen MR) is 158 cm³/mol. The van der Waals surface area contributed by atoms with Crippen molar-refractivity contribution >= 4 is 39.1 Å². The average molecular weight is 604 g/mol. The highest BCUT2D eigenvalue weighted by molar-refractivity contribution is 7.92. The van der Waals surface area contributed by atoms with Crippen LogP contribution in [0, 0.1) is 12.7 Å². The van der Waals surface area contributed by atoms with Crippen LogP contribution in [0.25, 0.3) is 0 Å². The molecule has 0 bridgehead atoms. The zero-order valence-electron chi connectivity index (χ0n) is 23.9. The summed E-state index contributed by atoms with van der Waals surface area (Å²) in [6, 6.07) is 15.4. The Bertz CT molecular complexity index is 1510. The summed E-state index contributed by atoms with van der Waals surface area (Å²) in [5, 5.41) is 2.97. The first-order chi connectivity index (χ1) is 19.1. The van der Waals surface area contributed by atoms with Crippen LogP contribution in [0.15, 0.2) is 71.6 Å². The van der Waals surface area contributed by atoms with E-state index in [1.54, 1.807) is 39.0 Å². The Morgan fingerprint density at radius 3 is 2.24 bits per heavy atom. The molecular formula is C30H35ClFN3O5S. The summed E-state index contributed by atoms with van der Waals surface area (Å²) in [7, 11) is -2.85. The van der Waals surface area contributed by atoms with E-state index in [2.05, 4.69) is 5.32 Å². The van der Waals surface area contributed by atoms with Gasteiger partial charge in [-0.1, -0.05) is 47.5 Å². The molecule has 8 nitrogen and oxygen atoms in total. The van der Waals surface area contributed by atoms with E-state index in [0.717, 1.165) is 9.87 Å². The van der Waals surface area contributed by atoms with E-state index in [4.69, 9.17) is 16.3 Å². The lowest BCUT2D eigenvalue weighted by Crippen LogP contribution is -2.54. The number of carbonyl (C=O) groups is 2. The van der Waals surface area contributed by atoms with E-state index in [9.17, 15) is 22.4 Å². The Hall–Kier alpha value is -3.63. The Morgan fingerprint density at radius 2 is 1.68 bits per heavy atom. The molecule has 1 N–H and O–H groups in total. The molecule has 0 saturated heterocycles. The van der Waals surface area contributed by atoms with Gasteiger partial charge in [0.2, 0.25) is 11.8 Å². The van der Waals surface area contributed by atoms with Gasteiger partial charge in [0.05, 0.1) is 22.7 Å². The molecule has 0 heterocycles. The number of nitrogens with zero attached hydrogens (tertiary/aromatic N) is 2. The molecule has 0 fully saturated rings. The number of sulfonamides is 1. The third-order valence-corrected chi connectivity index (χ3v) is 8.36. The molecule has 0 aliphatic carbocycles. The van der Waals surface area contributed by atoms with Gasteiger partial charge in [0.25, 0.3) is 10.0 Å². The first-order valence-corrected chi connectivity index (χ1v) is 14.7. The van der Waals surface area contributed by atoms with E-state index in [0.29, 0.717) is 5.75 Å². The van der Waals surface area contributed by atoms with E-state index in [1.807, 2.05) is 6.92 Å². The molecule has 11 heteroatoms. The second-order valence-electron chi connectivity index (χ2n) is 10.7. The topological polar surface area (TPSA) is 96.0 Å². The van der Waals surface area contributed by atoms with Crippen LogP contribution < -0.4 is 14.4 Å². The number of ether oxygens (including phenoxy) is 1. The molecule has 0 radical (unpaired) electrons. The van der Waals surface area contributed by atoms with Gasteiger partial charge in [0, 0.05) is 17.6 Å². The lowest BCUT2D eigenvalue weighted by molar-refractivity contribution is -0.140. The molecule has 3 aromatic rings. The summed E-state index contributed by atoms with van der Waals surface area (Å²) in [6.45, 7) is 7.79. The first kappa shape index (κ1) is 31.9. The van der Waals surface area contributed by atoms with E-state index < -0.39 is 45.8 Å². The van der Waals surface area contributed by atoms with Crippen LogP contribution in [0.3, 0.4) is 0 Å². The van der Waals surface area contributed by atoms with Crippen molar-refractivity contribution in [1.82, 2.24) is 10.2 Å². The van der Waals surface area contributed by atoms with Crippen LogP contribution in [0.2, 0.25) is 5.02 Å². The van der Waals surface area contributed by atoms with Gasteiger partial charge in [-0.2, -0.15) is 0 Å². The molecule has 41 heavy (non-hydrogen) atoms. The van der Waals surface area contributed by atoms with E-state index in [1.165, 1.54) is 67.5 Å². The van der Waals surface area contributed by atoms with Crippen molar-refractivity contribution < 1.29 is 27.1 Å². The third kappa shape index (κ3) is 7.98. The van der Waals surface area contributed by atoms with Gasteiger partial charge in [0.15, 0.2) is 0 Å². The van der Waals surface area contributed by atoms with Gasteiger partial charge in [0.1, 0.15) is 24.2 Å². The number of methoxy groups -OCH3 is 1. The second kappa shape index (κ2) is 12.9. The van der Waals surface area contributed by atoms with Gasteiger partial charge in [-0.05, 0) is 71.0 Å². The highest BCUT2D eigenvalue weighted by Gasteiger charge is 2.34. The number of aryl methyl sites for hydroxylation is 1. The van der Waals surface area contributed by atoms with Crippen molar-refractivity contribution in [2.75, 3.05) is 18.0 Å². The van der Waals surface area contributed by atoms with Gasteiger partial charge in [-0.3, -0.25) is 13.9 Å². The summed E-state index contributed by atoms with van der Waals surface area (Å²) in [5.41, 5.74) is 0.548. The molecule has 0 spiro atoms. The summed E-state index contributed by atoms with van der Waals surface area (Å²) in [4.78, 5) is 28.2. The highest BCUT2D eigenvalue weighted by Crippen LogP contribution is 2.32. The minimum absolute atomic E-state index is 0.0398. The average Bonchev–Trinajstić information content (AvgIpc) is 2.90.